The van der Waals surface area contributed by atoms with Gasteiger partial charge in [0.15, 0.2) is 5.78 Å². The van der Waals surface area contributed by atoms with Gasteiger partial charge in [0.2, 0.25) is 0 Å². The van der Waals surface area contributed by atoms with E-state index in [0.717, 1.165) is 0 Å². The van der Waals surface area contributed by atoms with E-state index in [1.165, 1.54) is 19.1 Å². The Hall–Kier alpha value is -1.64. The molecule has 0 radical (unpaired) electrons. The van der Waals surface area contributed by atoms with Crippen LogP contribution in [0.3, 0.4) is 0 Å². The number of ketones is 1. The second-order valence-electron chi connectivity index (χ2n) is 2.46. The average molecular weight is 162 g/mol. The Morgan fingerprint density at radius 3 is 2.00 bits per heavy atom. The molecule has 1 rings (SSSR count). The molecule has 0 amide bonds. The lowest BCUT2D eigenvalue weighted by Gasteiger charge is -2.06. The summed E-state index contributed by atoms with van der Waals surface area (Å²) in [6.45, 7) is 1.46. The predicted octanol–water partition coefficient (Wildman–Crippen LogP) is 0.575. The van der Waals surface area contributed by atoms with Gasteiger partial charge in [-0.3, -0.25) is 4.79 Å². The van der Waals surface area contributed by atoms with Gasteiger partial charge in [-0.2, -0.15) is 0 Å². The molecular formula is C9H8NO2-. The number of benzene rings is 1. The van der Waals surface area contributed by atoms with E-state index in [-0.39, 0.29) is 5.78 Å². The van der Waals surface area contributed by atoms with Crippen molar-refractivity contribution in [1.29, 1.82) is 5.41 Å². The summed E-state index contributed by atoms with van der Waals surface area (Å²) in [6.07, 6.45) is 0. The third-order valence-electron chi connectivity index (χ3n) is 1.55. The zero-order valence-corrected chi connectivity index (χ0v) is 6.63. The standard InChI is InChI=1S/C9H9NO2/c1-6(11)7-2-4-8(5-3-7)9(10)12/h2-5H,1H3,(H2,10,12)/p-1. The lowest BCUT2D eigenvalue weighted by molar-refractivity contribution is -0.214. The van der Waals surface area contributed by atoms with Gasteiger partial charge in [-0.05, 0) is 18.4 Å². The van der Waals surface area contributed by atoms with Crippen molar-refractivity contribution in [3.8, 4) is 0 Å². The Morgan fingerprint density at radius 2 is 1.67 bits per heavy atom. The van der Waals surface area contributed by atoms with Crippen LogP contribution in [0.1, 0.15) is 22.8 Å². The Balaban J connectivity index is 3.01. The van der Waals surface area contributed by atoms with Crippen LogP contribution in [-0.2, 0) is 0 Å². The van der Waals surface area contributed by atoms with E-state index < -0.39 is 5.90 Å². The van der Waals surface area contributed by atoms with E-state index in [2.05, 4.69) is 0 Å². The first-order chi connectivity index (χ1) is 5.61. The van der Waals surface area contributed by atoms with Crippen molar-refractivity contribution in [2.24, 2.45) is 0 Å². The Bertz CT molecular complexity index is 281. The molecule has 0 spiro atoms. The summed E-state index contributed by atoms with van der Waals surface area (Å²) < 4.78 is 0. The van der Waals surface area contributed by atoms with Gasteiger partial charge < -0.3 is 10.5 Å². The molecule has 12 heavy (non-hydrogen) atoms. The molecular weight excluding hydrogens is 154 g/mol. The number of Topliss-reactive ketones (excluding diaryl/α,β-unsaturated/α-hetero) is 1. The van der Waals surface area contributed by atoms with Gasteiger partial charge in [0.1, 0.15) is 0 Å². The highest BCUT2D eigenvalue weighted by molar-refractivity contribution is 5.95. The molecule has 0 aliphatic heterocycles. The Morgan fingerprint density at radius 1 is 1.25 bits per heavy atom. The molecule has 0 heterocycles. The lowest BCUT2D eigenvalue weighted by atomic mass is 10.1. The zero-order chi connectivity index (χ0) is 9.14. The quantitative estimate of drug-likeness (QED) is 0.392. The maximum atomic E-state index is 10.8. The second-order valence-corrected chi connectivity index (χ2v) is 2.46. The first-order valence-electron chi connectivity index (χ1n) is 3.48. The van der Waals surface area contributed by atoms with Crippen molar-refractivity contribution in [2.45, 2.75) is 6.92 Å². The molecule has 0 atom stereocenters. The molecule has 0 aliphatic carbocycles. The smallest absolute Gasteiger partial charge is 0.159 e. The van der Waals surface area contributed by atoms with Crippen LogP contribution >= 0.6 is 0 Å². The van der Waals surface area contributed by atoms with Gasteiger partial charge >= 0.3 is 0 Å². The summed E-state index contributed by atoms with van der Waals surface area (Å²) in [5, 5.41) is 17.3. The average Bonchev–Trinajstić information content (AvgIpc) is 2.04. The number of nitrogens with one attached hydrogen (secondary N) is 1. The summed E-state index contributed by atoms with van der Waals surface area (Å²) >= 11 is 0. The molecule has 1 aromatic rings. The number of hydrogen-bond donors (Lipinski definition) is 1. The van der Waals surface area contributed by atoms with E-state index in [1.807, 2.05) is 0 Å². The normalized spacial score (nSPS) is 9.42. The van der Waals surface area contributed by atoms with Crippen molar-refractivity contribution in [1.82, 2.24) is 0 Å². The first-order valence-corrected chi connectivity index (χ1v) is 3.48. The Labute approximate surface area is 70.2 Å². The van der Waals surface area contributed by atoms with E-state index in [4.69, 9.17) is 5.41 Å². The van der Waals surface area contributed by atoms with Gasteiger partial charge in [-0.15, -0.1) is 0 Å². The molecule has 0 aliphatic rings. The van der Waals surface area contributed by atoms with Gasteiger partial charge in [0.05, 0.1) is 0 Å². The van der Waals surface area contributed by atoms with Crippen molar-refractivity contribution in [3.63, 3.8) is 0 Å². The minimum atomic E-state index is -0.731. The third kappa shape index (κ3) is 1.69. The van der Waals surface area contributed by atoms with Gasteiger partial charge in [0.25, 0.3) is 0 Å². The molecule has 1 aromatic carbocycles. The molecule has 3 heteroatoms. The van der Waals surface area contributed by atoms with Crippen LogP contribution < -0.4 is 5.11 Å². The maximum absolute atomic E-state index is 10.8. The fourth-order valence-corrected chi connectivity index (χ4v) is 0.856. The molecule has 0 aromatic heterocycles. The molecule has 62 valence electrons. The lowest BCUT2D eigenvalue weighted by Crippen LogP contribution is -2.16. The highest BCUT2D eigenvalue weighted by atomic mass is 16.3. The number of rotatable bonds is 2. The summed E-state index contributed by atoms with van der Waals surface area (Å²) in [5.74, 6) is -0.774. The fourth-order valence-electron chi connectivity index (χ4n) is 0.856. The monoisotopic (exact) mass is 162 g/mol. The van der Waals surface area contributed by atoms with Crippen molar-refractivity contribution < 1.29 is 9.90 Å². The van der Waals surface area contributed by atoms with Crippen LogP contribution in [-0.4, -0.2) is 11.7 Å². The first kappa shape index (κ1) is 8.46. The molecule has 0 saturated carbocycles. The van der Waals surface area contributed by atoms with Gasteiger partial charge in [0, 0.05) is 5.56 Å². The summed E-state index contributed by atoms with van der Waals surface area (Å²) in [4.78, 5) is 10.8. The Kier molecular flexibility index (Phi) is 2.24. The van der Waals surface area contributed by atoms with E-state index in [0.29, 0.717) is 11.1 Å². The van der Waals surface area contributed by atoms with Crippen molar-refractivity contribution >= 4 is 11.7 Å². The number of carbonyl (C=O) groups excluding carboxylic acids is 1. The highest BCUT2D eigenvalue weighted by Crippen LogP contribution is 2.03. The minimum absolute atomic E-state index is 0.0426. The van der Waals surface area contributed by atoms with Crippen molar-refractivity contribution in [2.75, 3.05) is 0 Å². The topological polar surface area (TPSA) is 64.0 Å². The summed E-state index contributed by atoms with van der Waals surface area (Å²) in [6, 6.07) is 6.05. The van der Waals surface area contributed by atoms with Crippen LogP contribution in [0, 0.1) is 5.41 Å². The SMILES string of the molecule is CC(=O)c1ccc(C(=N)[O-])cc1. The van der Waals surface area contributed by atoms with Crippen LogP contribution in [0.5, 0.6) is 0 Å². The maximum Gasteiger partial charge on any atom is 0.159 e. The summed E-state index contributed by atoms with van der Waals surface area (Å²) in [5.41, 5.74) is 0.861. The third-order valence-corrected chi connectivity index (χ3v) is 1.55. The predicted molar refractivity (Wildman–Crippen MR) is 43.3 cm³/mol. The van der Waals surface area contributed by atoms with Crippen LogP contribution in [0.2, 0.25) is 0 Å². The second kappa shape index (κ2) is 3.17. The van der Waals surface area contributed by atoms with Crippen molar-refractivity contribution in [3.05, 3.63) is 35.4 Å². The minimum Gasteiger partial charge on any atom is -0.859 e. The fraction of sp³-hybridized carbons (Fsp3) is 0.111. The number of carbonyl (C=O) groups is 1. The summed E-state index contributed by atoms with van der Waals surface area (Å²) in [7, 11) is 0. The van der Waals surface area contributed by atoms with E-state index >= 15 is 0 Å². The molecule has 0 bridgehead atoms. The number of hydrogen-bond acceptors (Lipinski definition) is 3. The van der Waals surface area contributed by atoms with Crippen LogP contribution in [0.15, 0.2) is 24.3 Å². The molecule has 3 nitrogen and oxygen atoms in total. The molecule has 1 N–H and O–H groups in total. The van der Waals surface area contributed by atoms with E-state index in [9.17, 15) is 9.90 Å². The van der Waals surface area contributed by atoms with Crippen LogP contribution in [0.25, 0.3) is 0 Å². The molecule has 0 unspecified atom stereocenters. The van der Waals surface area contributed by atoms with E-state index in [1.54, 1.807) is 12.1 Å². The highest BCUT2D eigenvalue weighted by Gasteiger charge is 1.97. The van der Waals surface area contributed by atoms with Gasteiger partial charge in [-0.1, -0.05) is 24.3 Å². The van der Waals surface area contributed by atoms with Gasteiger partial charge in [-0.25, -0.2) is 0 Å². The zero-order valence-electron chi connectivity index (χ0n) is 6.63. The van der Waals surface area contributed by atoms with Crippen LogP contribution in [0.4, 0.5) is 0 Å². The molecule has 0 saturated heterocycles. The molecule has 0 fully saturated rings. The largest absolute Gasteiger partial charge is 0.859 e.